The van der Waals surface area contributed by atoms with Crippen LogP contribution in [0.2, 0.25) is 0 Å². The summed E-state index contributed by atoms with van der Waals surface area (Å²) in [6.45, 7) is 0. The summed E-state index contributed by atoms with van der Waals surface area (Å²) in [6.07, 6.45) is 0.170. The first-order valence-electron chi connectivity index (χ1n) is 10.3. The van der Waals surface area contributed by atoms with E-state index in [9.17, 15) is 26.4 Å². The number of anilines is 1. The molecule has 174 valence electrons. The van der Waals surface area contributed by atoms with E-state index in [-0.39, 0.29) is 29.0 Å². The average Bonchev–Trinajstić information content (AvgIpc) is 3.33. The fourth-order valence-corrected chi connectivity index (χ4v) is 6.68. The topological polar surface area (TPSA) is 101 Å². The minimum absolute atomic E-state index is 0.112. The van der Waals surface area contributed by atoms with Crippen molar-refractivity contribution in [1.82, 2.24) is 14.9 Å². The van der Waals surface area contributed by atoms with Crippen LogP contribution in [0.1, 0.15) is 49.7 Å². The monoisotopic (exact) mass is 488 g/mol. The van der Waals surface area contributed by atoms with Crippen LogP contribution in [0.3, 0.4) is 0 Å². The summed E-state index contributed by atoms with van der Waals surface area (Å²) in [7, 11) is -3.45. The first-order valence-corrected chi connectivity index (χ1v) is 12.7. The molecule has 0 spiro atoms. The highest BCUT2D eigenvalue weighted by atomic mass is 32.2. The molecule has 4 rings (SSSR count). The van der Waals surface area contributed by atoms with Gasteiger partial charge in [0.15, 0.2) is 0 Å². The molecular formula is C20H23F3N4O3S2. The minimum Gasteiger partial charge on any atom is -0.300 e. The number of nitrogens with zero attached hydrogens (tertiary/aromatic N) is 2. The van der Waals surface area contributed by atoms with Crippen molar-refractivity contribution in [1.29, 1.82) is 0 Å². The van der Waals surface area contributed by atoms with Gasteiger partial charge in [0.1, 0.15) is 5.51 Å². The van der Waals surface area contributed by atoms with Gasteiger partial charge in [-0.05, 0) is 36.9 Å². The van der Waals surface area contributed by atoms with Gasteiger partial charge in [0.2, 0.25) is 21.1 Å². The molecule has 2 aromatic rings. The van der Waals surface area contributed by atoms with Gasteiger partial charge in [-0.3, -0.25) is 10.1 Å². The van der Waals surface area contributed by atoms with Crippen molar-refractivity contribution in [2.75, 3.05) is 12.4 Å². The molecule has 1 aromatic heterocycles. The number of benzene rings is 1. The smallest absolute Gasteiger partial charge is 0.300 e. The molecule has 7 nitrogen and oxygen atoms in total. The van der Waals surface area contributed by atoms with E-state index in [1.54, 1.807) is 0 Å². The molecule has 0 aliphatic heterocycles. The Bertz CT molecular complexity index is 1100. The number of halogens is 3. The highest BCUT2D eigenvalue weighted by Gasteiger charge is 2.65. The summed E-state index contributed by atoms with van der Waals surface area (Å²) in [5.41, 5.74) is -1.34. The number of carbonyl (C=O) groups is 1. The second kappa shape index (κ2) is 8.38. The Labute approximate surface area is 187 Å². The van der Waals surface area contributed by atoms with Crippen LogP contribution in [0.5, 0.6) is 0 Å². The molecule has 2 aliphatic carbocycles. The molecule has 0 bridgehead atoms. The molecule has 2 atom stereocenters. The van der Waals surface area contributed by atoms with Crippen molar-refractivity contribution in [2.45, 2.75) is 55.0 Å². The number of hydrogen-bond acceptors (Lipinski definition) is 6. The molecule has 12 heteroatoms. The molecule has 1 heterocycles. The van der Waals surface area contributed by atoms with Crippen molar-refractivity contribution >= 4 is 32.4 Å². The maximum absolute atomic E-state index is 13.9. The van der Waals surface area contributed by atoms with Crippen molar-refractivity contribution in [3.05, 3.63) is 34.8 Å². The van der Waals surface area contributed by atoms with E-state index >= 15 is 0 Å². The van der Waals surface area contributed by atoms with Gasteiger partial charge in [-0.1, -0.05) is 55.6 Å². The largest absolute Gasteiger partial charge is 0.417 e. The van der Waals surface area contributed by atoms with Gasteiger partial charge >= 0.3 is 6.18 Å². The highest BCUT2D eigenvalue weighted by molar-refractivity contribution is 7.89. The zero-order valence-corrected chi connectivity index (χ0v) is 18.9. The van der Waals surface area contributed by atoms with Gasteiger partial charge in [-0.2, -0.15) is 13.2 Å². The zero-order valence-electron chi connectivity index (χ0n) is 17.3. The van der Waals surface area contributed by atoms with Gasteiger partial charge in [0, 0.05) is 0 Å². The molecule has 2 saturated carbocycles. The van der Waals surface area contributed by atoms with Crippen LogP contribution >= 0.6 is 11.3 Å². The second-order valence-electron chi connectivity index (χ2n) is 8.27. The number of amides is 1. The number of carbonyl (C=O) groups excluding carboxylic acids is 1. The normalized spacial score (nSPS) is 24.3. The lowest BCUT2D eigenvalue weighted by Gasteiger charge is -2.27. The molecular weight excluding hydrogens is 465 g/mol. The highest BCUT2D eigenvalue weighted by Crippen LogP contribution is 2.62. The third-order valence-electron chi connectivity index (χ3n) is 6.56. The SMILES string of the molecule is CNS(=O)(=O)c1c(C(F)(F)F)cccc1C1(C(=O)Nc2nncs2)CC1C1CCCCC1. The molecule has 0 radical (unpaired) electrons. The first kappa shape index (κ1) is 23.1. The Morgan fingerprint density at radius 3 is 2.53 bits per heavy atom. The lowest BCUT2D eigenvalue weighted by molar-refractivity contribution is -0.140. The van der Waals surface area contributed by atoms with Crippen LogP contribution in [0.4, 0.5) is 18.3 Å². The van der Waals surface area contributed by atoms with E-state index in [0.717, 1.165) is 56.6 Å². The Balaban J connectivity index is 1.88. The molecule has 2 unspecified atom stereocenters. The fourth-order valence-electron chi connectivity index (χ4n) is 5.03. The fraction of sp³-hybridized carbons (Fsp3) is 0.550. The molecule has 1 aromatic carbocycles. The quantitative estimate of drug-likeness (QED) is 0.642. The minimum atomic E-state index is -4.90. The second-order valence-corrected chi connectivity index (χ2v) is 10.9. The summed E-state index contributed by atoms with van der Waals surface area (Å²) in [5, 5.41) is 10.3. The summed E-state index contributed by atoms with van der Waals surface area (Å²) in [4.78, 5) is 12.6. The van der Waals surface area contributed by atoms with Gasteiger partial charge < -0.3 is 0 Å². The Morgan fingerprint density at radius 2 is 1.94 bits per heavy atom. The Hall–Kier alpha value is -2.05. The average molecular weight is 489 g/mol. The van der Waals surface area contributed by atoms with Gasteiger partial charge in [0.25, 0.3) is 0 Å². The van der Waals surface area contributed by atoms with Crippen molar-refractivity contribution in [2.24, 2.45) is 11.8 Å². The molecule has 0 saturated heterocycles. The standard InChI is InChI=1S/C20H23F3N4O3S2/c1-24-32(29,30)16-13(8-5-9-14(16)20(21,22)23)19(17(28)26-18-27-25-11-31-18)10-15(19)12-6-3-2-4-7-12/h5,8-9,11-12,15,24H,2-4,6-7,10H2,1H3,(H,26,27,28). The third-order valence-corrected chi connectivity index (χ3v) is 8.68. The molecule has 2 N–H and O–H groups in total. The Morgan fingerprint density at radius 1 is 1.22 bits per heavy atom. The number of nitrogens with one attached hydrogen (secondary N) is 2. The van der Waals surface area contributed by atoms with E-state index in [1.165, 1.54) is 17.6 Å². The number of alkyl halides is 3. The lowest BCUT2D eigenvalue weighted by atomic mass is 9.80. The Kier molecular flexibility index (Phi) is 6.05. The first-order chi connectivity index (χ1) is 15.1. The maximum atomic E-state index is 13.9. The van der Waals surface area contributed by atoms with Gasteiger partial charge in [-0.25, -0.2) is 13.1 Å². The van der Waals surface area contributed by atoms with Crippen molar-refractivity contribution in [3.63, 3.8) is 0 Å². The zero-order chi connectivity index (χ0) is 23.1. The van der Waals surface area contributed by atoms with E-state index in [0.29, 0.717) is 0 Å². The number of aromatic nitrogens is 2. The van der Waals surface area contributed by atoms with Gasteiger partial charge in [0.05, 0.1) is 15.9 Å². The molecule has 1 amide bonds. The lowest BCUT2D eigenvalue weighted by Crippen LogP contribution is -2.35. The molecule has 2 aliphatic rings. The van der Waals surface area contributed by atoms with Crippen LogP contribution in [0.25, 0.3) is 0 Å². The summed E-state index contributed by atoms with van der Waals surface area (Å²) in [5.74, 6) is -0.648. The van der Waals surface area contributed by atoms with E-state index < -0.39 is 38.0 Å². The number of rotatable bonds is 6. The van der Waals surface area contributed by atoms with Crippen molar-refractivity contribution < 1.29 is 26.4 Å². The number of sulfonamides is 1. The third kappa shape index (κ3) is 4.03. The van der Waals surface area contributed by atoms with Crippen LogP contribution < -0.4 is 10.0 Å². The summed E-state index contributed by atoms with van der Waals surface area (Å²) >= 11 is 1.08. The predicted molar refractivity (Wildman–Crippen MR) is 113 cm³/mol. The van der Waals surface area contributed by atoms with Crippen LogP contribution in [0.15, 0.2) is 28.6 Å². The summed E-state index contributed by atoms with van der Waals surface area (Å²) < 4.78 is 69.2. The summed E-state index contributed by atoms with van der Waals surface area (Å²) in [6, 6.07) is 3.24. The van der Waals surface area contributed by atoms with Crippen LogP contribution in [0, 0.1) is 11.8 Å². The van der Waals surface area contributed by atoms with Crippen molar-refractivity contribution in [3.8, 4) is 0 Å². The maximum Gasteiger partial charge on any atom is 0.417 e. The number of hydrogen-bond donors (Lipinski definition) is 2. The predicted octanol–water partition coefficient (Wildman–Crippen LogP) is 3.94. The van der Waals surface area contributed by atoms with E-state index in [2.05, 4.69) is 15.5 Å². The molecule has 2 fully saturated rings. The molecule has 32 heavy (non-hydrogen) atoms. The van der Waals surface area contributed by atoms with E-state index in [1.807, 2.05) is 4.72 Å². The van der Waals surface area contributed by atoms with Crippen LogP contribution in [-0.4, -0.2) is 31.6 Å². The van der Waals surface area contributed by atoms with Gasteiger partial charge in [-0.15, -0.1) is 10.2 Å². The van der Waals surface area contributed by atoms with Crippen LogP contribution in [-0.2, 0) is 26.4 Å². The van der Waals surface area contributed by atoms with E-state index in [4.69, 9.17) is 0 Å².